The monoisotopic (exact) mass is 380 g/mol. The van der Waals surface area contributed by atoms with Gasteiger partial charge in [0.25, 0.3) is 5.91 Å². The summed E-state index contributed by atoms with van der Waals surface area (Å²) in [4.78, 5) is 17.3. The Bertz CT molecular complexity index is 1170. The first-order chi connectivity index (χ1) is 14.3. The summed E-state index contributed by atoms with van der Waals surface area (Å²) in [7, 11) is 0. The van der Waals surface area contributed by atoms with Crippen LogP contribution in [0.5, 0.6) is 11.6 Å². The summed E-state index contributed by atoms with van der Waals surface area (Å²) in [5.74, 6) is 1.02. The third-order valence-corrected chi connectivity index (χ3v) is 5.03. The molecule has 1 amide bonds. The van der Waals surface area contributed by atoms with E-state index in [4.69, 9.17) is 4.74 Å². The number of amides is 1. The maximum absolute atomic E-state index is 12.7. The molecule has 1 N–H and O–H groups in total. The zero-order valence-electron chi connectivity index (χ0n) is 15.8. The summed E-state index contributed by atoms with van der Waals surface area (Å²) >= 11 is 0. The van der Waals surface area contributed by atoms with E-state index in [9.17, 15) is 4.79 Å². The number of pyridine rings is 1. The number of carbonyl (C=O) groups is 1. The third kappa shape index (κ3) is 3.83. The molecule has 0 saturated heterocycles. The molecule has 1 aromatic heterocycles. The van der Waals surface area contributed by atoms with Crippen LogP contribution in [-0.4, -0.2) is 16.9 Å². The van der Waals surface area contributed by atoms with Gasteiger partial charge < -0.3 is 10.1 Å². The van der Waals surface area contributed by atoms with Gasteiger partial charge in [-0.15, -0.1) is 0 Å². The molecule has 1 aliphatic carbocycles. The van der Waals surface area contributed by atoms with E-state index >= 15 is 0 Å². The van der Waals surface area contributed by atoms with Crippen molar-refractivity contribution in [3.63, 3.8) is 0 Å². The average Bonchev–Trinajstić information content (AvgIpc) is 3.58. The van der Waals surface area contributed by atoms with E-state index in [2.05, 4.69) is 22.4 Å². The molecule has 0 unspecified atom stereocenters. The molecule has 142 valence electrons. The predicted octanol–water partition coefficient (Wildman–Crippen LogP) is 5.59. The highest BCUT2D eigenvalue weighted by atomic mass is 16.5. The van der Waals surface area contributed by atoms with Crippen LogP contribution in [-0.2, 0) is 0 Å². The van der Waals surface area contributed by atoms with Crippen molar-refractivity contribution in [3.05, 3.63) is 90.5 Å². The van der Waals surface area contributed by atoms with Crippen molar-refractivity contribution in [3.8, 4) is 22.8 Å². The minimum absolute atomic E-state index is 0.0737. The van der Waals surface area contributed by atoms with Crippen LogP contribution in [0.1, 0.15) is 23.2 Å². The van der Waals surface area contributed by atoms with Gasteiger partial charge in [-0.1, -0.05) is 60.7 Å². The Morgan fingerprint density at radius 1 is 0.862 bits per heavy atom. The quantitative estimate of drug-likeness (QED) is 0.491. The van der Waals surface area contributed by atoms with E-state index in [0.717, 1.165) is 34.9 Å². The number of nitrogens with one attached hydrogen (secondary N) is 1. The predicted molar refractivity (Wildman–Crippen MR) is 114 cm³/mol. The van der Waals surface area contributed by atoms with Crippen LogP contribution >= 0.6 is 0 Å². The molecule has 1 aliphatic rings. The minimum atomic E-state index is -0.0737. The number of nitrogens with zero attached hydrogens (tertiary/aromatic N) is 1. The van der Waals surface area contributed by atoms with Gasteiger partial charge in [0.05, 0.1) is 11.1 Å². The average molecular weight is 380 g/mol. The summed E-state index contributed by atoms with van der Waals surface area (Å²) < 4.78 is 6.00. The van der Waals surface area contributed by atoms with Crippen molar-refractivity contribution in [1.29, 1.82) is 0 Å². The van der Waals surface area contributed by atoms with Gasteiger partial charge in [0.1, 0.15) is 5.75 Å². The van der Waals surface area contributed by atoms with Crippen molar-refractivity contribution in [2.24, 2.45) is 0 Å². The highest BCUT2D eigenvalue weighted by Crippen LogP contribution is 2.29. The lowest BCUT2D eigenvalue weighted by Gasteiger charge is -2.11. The van der Waals surface area contributed by atoms with Crippen LogP contribution in [0.3, 0.4) is 0 Å². The van der Waals surface area contributed by atoms with Crippen LogP contribution in [0.25, 0.3) is 22.0 Å². The lowest BCUT2D eigenvalue weighted by molar-refractivity contribution is 0.0952. The highest BCUT2D eigenvalue weighted by Gasteiger charge is 2.25. The summed E-state index contributed by atoms with van der Waals surface area (Å²) in [5.41, 5.74) is 3.61. The maximum Gasteiger partial charge on any atom is 0.252 e. The van der Waals surface area contributed by atoms with Gasteiger partial charge in [-0.2, -0.15) is 0 Å². The fourth-order valence-corrected chi connectivity index (χ4v) is 3.35. The molecule has 4 aromatic rings. The number of fused-ring (bicyclic) bond motifs is 1. The summed E-state index contributed by atoms with van der Waals surface area (Å²) in [5, 5.41) is 3.89. The minimum Gasteiger partial charge on any atom is -0.439 e. The van der Waals surface area contributed by atoms with Gasteiger partial charge in [-0.05, 0) is 42.2 Å². The number of benzene rings is 3. The second kappa shape index (κ2) is 7.40. The van der Waals surface area contributed by atoms with E-state index in [1.54, 1.807) is 6.07 Å². The molecule has 0 atom stereocenters. The number of carbonyl (C=O) groups excluding carboxylic acids is 1. The Balaban J connectivity index is 1.44. The first kappa shape index (κ1) is 17.4. The normalized spacial score (nSPS) is 13.2. The molecule has 0 spiro atoms. The zero-order valence-corrected chi connectivity index (χ0v) is 15.8. The smallest absolute Gasteiger partial charge is 0.252 e. The number of ether oxygens (including phenoxy) is 1. The van der Waals surface area contributed by atoms with Crippen molar-refractivity contribution in [1.82, 2.24) is 10.3 Å². The standard InChI is InChI=1S/C25H20N2O2/c28-25(26-19-12-13-19)22-16-24(27-23-9-5-4-8-21(22)23)29-20-14-10-18(11-15-20)17-6-2-1-3-7-17/h1-11,14-16,19H,12-13H2,(H,26,28). The molecule has 1 heterocycles. The Labute approximate surface area is 169 Å². The van der Waals surface area contributed by atoms with Gasteiger partial charge >= 0.3 is 0 Å². The lowest BCUT2D eigenvalue weighted by Crippen LogP contribution is -2.25. The Morgan fingerprint density at radius 3 is 2.31 bits per heavy atom. The van der Waals surface area contributed by atoms with E-state index in [1.807, 2.05) is 66.7 Å². The first-order valence-electron chi connectivity index (χ1n) is 9.80. The van der Waals surface area contributed by atoms with Crippen molar-refractivity contribution in [2.75, 3.05) is 0 Å². The zero-order chi connectivity index (χ0) is 19.6. The van der Waals surface area contributed by atoms with Crippen LogP contribution in [0.15, 0.2) is 84.9 Å². The molecule has 5 rings (SSSR count). The third-order valence-electron chi connectivity index (χ3n) is 5.03. The number of hydrogen-bond donors (Lipinski definition) is 1. The van der Waals surface area contributed by atoms with Gasteiger partial charge in [0.15, 0.2) is 0 Å². The van der Waals surface area contributed by atoms with Gasteiger partial charge in [0, 0.05) is 17.5 Å². The van der Waals surface area contributed by atoms with Crippen molar-refractivity contribution >= 4 is 16.8 Å². The van der Waals surface area contributed by atoms with Crippen molar-refractivity contribution in [2.45, 2.75) is 18.9 Å². The largest absolute Gasteiger partial charge is 0.439 e. The molecule has 4 heteroatoms. The van der Waals surface area contributed by atoms with Gasteiger partial charge in [-0.3, -0.25) is 4.79 Å². The number of para-hydroxylation sites is 1. The number of rotatable bonds is 5. The van der Waals surface area contributed by atoms with E-state index in [0.29, 0.717) is 23.2 Å². The van der Waals surface area contributed by atoms with E-state index < -0.39 is 0 Å². The molecule has 3 aromatic carbocycles. The lowest BCUT2D eigenvalue weighted by atomic mass is 10.1. The van der Waals surface area contributed by atoms with Crippen molar-refractivity contribution < 1.29 is 9.53 Å². The molecule has 0 radical (unpaired) electrons. The summed E-state index contributed by atoms with van der Waals surface area (Å²) in [6.07, 6.45) is 2.09. The number of aromatic nitrogens is 1. The van der Waals surface area contributed by atoms with Crippen LogP contribution in [0.2, 0.25) is 0 Å². The Kier molecular flexibility index (Phi) is 4.45. The van der Waals surface area contributed by atoms with E-state index in [1.165, 1.54) is 0 Å². The molecule has 1 saturated carbocycles. The second-order valence-corrected chi connectivity index (χ2v) is 7.27. The highest BCUT2D eigenvalue weighted by molar-refractivity contribution is 6.06. The summed E-state index contributed by atoms with van der Waals surface area (Å²) in [6.45, 7) is 0. The van der Waals surface area contributed by atoms with Gasteiger partial charge in [0.2, 0.25) is 5.88 Å². The van der Waals surface area contributed by atoms with Gasteiger partial charge in [-0.25, -0.2) is 4.98 Å². The van der Waals surface area contributed by atoms with E-state index in [-0.39, 0.29) is 5.91 Å². The Hall–Kier alpha value is -3.66. The fourth-order valence-electron chi connectivity index (χ4n) is 3.35. The summed E-state index contributed by atoms with van der Waals surface area (Å²) in [6, 6.07) is 27.7. The molecule has 1 fully saturated rings. The molecule has 0 bridgehead atoms. The first-order valence-corrected chi connectivity index (χ1v) is 9.80. The molecule has 0 aliphatic heterocycles. The van der Waals surface area contributed by atoms with Crippen LogP contribution < -0.4 is 10.1 Å². The molecular formula is C25H20N2O2. The Morgan fingerprint density at radius 2 is 1.55 bits per heavy atom. The second-order valence-electron chi connectivity index (χ2n) is 7.27. The molecule has 4 nitrogen and oxygen atoms in total. The fraction of sp³-hybridized carbons (Fsp3) is 0.120. The van der Waals surface area contributed by atoms with Crippen LogP contribution in [0, 0.1) is 0 Å². The van der Waals surface area contributed by atoms with Crippen LogP contribution in [0.4, 0.5) is 0 Å². The number of hydrogen-bond acceptors (Lipinski definition) is 3. The molecule has 29 heavy (non-hydrogen) atoms. The molecular weight excluding hydrogens is 360 g/mol. The maximum atomic E-state index is 12.7. The topological polar surface area (TPSA) is 51.2 Å². The SMILES string of the molecule is O=C(NC1CC1)c1cc(Oc2ccc(-c3ccccc3)cc2)nc2ccccc12.